The molecule has 0 N–H and O–H groups in total. The highest BCUT2D eigenvalue weighted by atomic mass is 16.1. The number of anilines is 1. The zero-order valence-electron chi connectivity index (χ0n) is 14.4. The van der Waals surface area contributed by atoms with Crippen LogP contribution in [0.4, 0.5) is 5.95 Å². The highest BCUT2D eigenvalue weighted by Gasteiger charge is 2.30. The summed E-state index contributed by atoms with van der Waals surface area (Å²) < 4.78 is 1.67. The van der Waals surface area contributed by atoms with Crippen LogP contribution >= 0.6 is 0 Å². The second-order valence-corrected chi connectivity index (χ2v) is 7.71. The topological polar surface area (TPSA) is 63.9 Å². The molecule has 3 aliphatic rings. The van der Waals surface area contributed by atoms with E-state index in [2.05, 4.69) is 20.0 Å². The fourth-order valence-electron chi connectivity index (χ4n) is 3.95. The maximum Gasteiger partial charge on any atom is 0.267 e. The van der Waals surface area contributed by atoms with Crippen molar-refractivity contribution in [2.24, 2.45) is 5.92 Å². The van der Waals surface area contributed by atoms with E-state index >= 15 is 0 Å². The Morgan fingerprint density at radius 2 is 1.84 bits per heavy atom. The Morgan fingerprint density at radius 1 is 1.08 bits per heavy atom. The number of hydrogen-bond donors (Lipinski definition) is 0. The quantitative estimate of drug-likeness (QED) is 0.853. The van der Waals surface area contributed by atoms with Gasteiger partial charge < -0.3 is 4.90 Å². The van der Waals surface area contributed by atoms with Crippen LogP contribution in [0.25, 0.3) is 0 Å². The third-order valence-corrected chi connectivity index (χ3v) is 5.65. The Bertz CT molecular complexity index is 834. The first-order chi connectivity index (χ1) is 12.3. The Balaban J connectivity index is 1.23. The van der Waals surface area contributed by atoms with Crippen molar-refractivity contribution in [3.8, 4) is 0 Å². The van der Waals surface area contributed by atoms with E-state index in [0.717, 1.165) is 43.1 Å². The van der Waals surface area contributed by atoms with Crippen molar-refractivity contribution >= 4 is 5.95 Å². The number of rotatable bonds is 4. The summed E-state index contributed by atoms with van der Waals surface area (Å²) in [6.45, 7) is 2.49. The molecule has 0 amide bonds. The van der Waals surface area contributed by atoms with Gasteiger partial charge in [0.2, 0.25) is 5.95 Å². The molecule has 0 radical (unpaired) electrons. The molecule has 6 heteroatoms. The minimum Gasteiger partial charge on any atom is -0.340 e. The van der Waals surface area contributed by atoms with Crippen LogP contribution in [0.2, 0.25) is 0 Å². The Morgan fingerprint density at radius 3 is 2.60 bits per heavy atom. The van der Waals surface area contributed by atoms with E-state index in [1.165, 1.54) is 31.2 Å². The van der Waals surface area contributed by atoms with Crippen molar-refractivity contribution in [1.29, 1.82) is 0 Å². The SMILES string of the molecule is O=c1cc2c(nn1CC1CN(c3ncc(C4CC4)cn3)C1)CCCC2. The van der Waals surface area contributed by atoms with Gasteiger partial charge in [0.25, 0.3) is 5.56 Å². The third kappa shape index (κ3) is 2.94. The van der Waals surface area contributed by atoms with Gasteiger partial charge in [-0.15, -0.1) is 0 Å². The largest absolute Gasteiger partial charge is 0.340 e. The van der Waals surface area contributed by atoms with Gasteiger partial charge in [0.05, 0.1) is 12.2 Å². The lowest BCUT2D eigenvalue weighted by molar-refractivity contribution is 0.328. The van der Waals surface area contributed by atoms with Crippen molar-refractivity contribution in [3.63, 3.8) is 0 Å². The molecule has 0 spiro atoms. The molecule has 1 aliphatic heterocycles. The zero-order chi connectivity index (χ0) is 16.8. The average Bonchev–Trinajstić information content (AvgIpc) is 3.43. The maximum atomic E-state index is 12.3. The van der Waals surface area contributed by atoms with Gasteiger partial charge in [-0.2, -0.15) is 5.10 Å². The van der Waals surface area contributed by atoms with Crippen LogP contribution in [0.3, 0.4) is 0 Å². The first-order valence-corrected chi connectivity index (χ1v) is 9.43. The van der Waals surface area contributed by atoms with Gasteiger partial charge in [0.15, 0.2) is 0 Å². The van der Waals surface area contributed by atoms with Crippen molar-refractivity contribution in [2.75, 3.05) is 18.0 Å². The molecule has 130 valence electrons. The van der Waals surface area contributed by atoms with Crippen LogP contribution in [0.1, 0.15) is 48.4 Å². The Kier molecular flexibility index (Phi) is 3.57. The number of nitrogens with zero attached hydrogens (tertiary/aromatic N) is 5. The fraction of sp³-hybridized carbons (Fsp3) is 0.579. The molecule has 6 nitrogen and oxygen atoms in total. The molecule has 0 atom stereocenters. The minimum atomic E-state index is 0.0455. The van der Waals surface area contributed by atoms with Gasteiger partial charge in [-0.3, -0.25) is 4.79 Å². The van der Waals surface area contributed by atoms with Crippen LogP contribution in [-0.4, -0.2) is 32.8 Å². The molecule has 0 aromatic carbocycles. The molecule has 2 fully saturated rings. The molecule has 1 saturated carbocycles. The molecule has 2 aliphatic carbocycles. The molecular formula is C19H23N5O. The first kappa shape index (κ1) is 15.0. The maximum absolute atomic E-state index is 12.3. The summed E-state index contributed by atoms with van der Waals surface area (Å²) in [7, 11) is 0. The van der Waals surface area contributed by atoms with Crippen LogP contribution < -0.4 is 10.5 Å². The third-order valence-electron chi connectivity index (χ3n) is 5.65. The van der Waals surface area contributed by atoms with E-state index in [1.54, 1.807) is 10.7 Å². The molecule has 0 unspecified atom stereocenters. The Labute approximate surface area is 146 Å². The summed E-state index contributed by atoms with van der Waals surface area (Å²) in [5, 5.41) is 4.62. The van der Waals surface area contributed by atoms with E-state index in [4.69, 9.17) is 0 Å². The minimum absolute atomic E-state index is 0.0455. The lowest BCUT2D eigenvalue weighted by Gasteiger charge is -2.39. The Hall–Kier alpha value is -2.24. The van der Waals surface area contributed by atoms with Crippen LogP contribution in [0.5, 0.6) is 0 Å². The van der Waals surface area contributed by atoms with Crippen molar-refractivity contribution in [2.45, 2.75) is 51.0 Å². The highest BCUT2D eigenvalue weighted by Crippen LogP contribution is 2.39. The number of aromatic nitrogens is 4. The molecule has 25 heavy (non-hydrogen) atoms. The van der Waals surface area contributed by atoms with Crippen LogP contribution in [0, 0.1) is 5.92 Å². The monoisotopic (exact) mass is 337 g/mol. The molecule has 3 heterocycles. The predicted molar refractivity (Wildman–Crippen MR) is 94.8 cm³/mol. The smallest absolute Gasteiger partial charge is 0.267 e. The van der Waals surface area contributed by atoms with Crippen LogP contribution in [0.15, 0.2) is 23.3 Å². The van der Waals surface area contributed by atoms with Gasteiger partial charge in [-0.25, -0.2) is 14.6 Å². The van der Waals surface area contributed by atoms with E-state index in [9.17, 15) is 4.79 Å². The predicted octanol–water partition coefficient (Wildman–Crippen LogP) is 1.93. The van der Waals surface area contributed by atoms with Crippen molar-refractivity contribution in [1.82, 2.24) is 19.7 Å². The second-order valence-electron chi connectivity index (χ2n) is 7.71. The van der Waals surface area contributed by atoms with Gasteiger partial charge in [-0.05, 0) is 55.6 Å². The zero-order valence-corrected chi connectivity index (χ0v) is 14.4. The lowest BCUT2D eigenvalue weighted by atomic mass is 9.97. The molecule has 2 aromatic rings. The first-order valence-electron chi connectivity index (χ1n) is 9.43. The van der Waals surface area contributed by atoms with E-state index in [-0.39, 0.29) is 5.56 Å². The number of hydrogen-bond acceptors (Lipinski definition) is 5. The van der Waals surface area contributed by atoms with E-state index in [1.807, 2.05) is 12.4 Å². The van der Waals surface area contributed by atoms with Gasteiger partial charge in [0, 0.05) is 37.5 Å². The summed E-state index contributed by atoms with van der Waals surface area (Å²) in [5.74, 6) is 1.95. The highest BCUT2D eigenvalue weighted by molar-refractivity contribution is 5.35. The standard InChI is InChI=1S/C19H23N5O/c25-18-7-15-3-1-2-4-17(15)22-24(18)12-13-10-23(11-13)19-20-8-16(9-21-19)14-5-6-14/h7-9,13-14H,1-6,10-12H2. The van der Waals surface area contributed by atoms with Crippen LogP contribution in [-0.2, 0) is 19.4 Å². The molecular weight excluding hydrogens is 314 g/mol. The summed E-state index contributed by atoms with van der Waals surface area (Å²) in [6, 6.07) is 1.80. The summed E-state index contributed by atoms with van der Waals surface area (Å²) in [5.41, 5.74) is 3.60. The number of aryl methyl sites for hydroxylation is 2. The summed E-state index contributed by atoms with van der Waals surface area (Å²) in [6.07, 6.45) is 10.9. The number of fused-ring (bicyclic) bond motifs is 1. The second kappa shape index (κ2) is 5.93. The normalized spacial score (nSPS) is 20.2. The lowest BCUT2D eigenvalue weighted by Crippen LogP contribution is -2.50. The van der Waals surface area contributed by atoms with Crippen molar-refractivity contribution < 1.29 is 0 Å². The van der Waals surface area contributed by atoms with Gasteiger partial charge in [-0.1, -0.05) is 0 Å². The van der Waals surface area contributed by atoms with E-state index < -0.39 is 0 Å². The summed E-state index contributed by atoms with van der Waals surface area (Å²) in [4.78, 5) is 23.5. The van der Waals surface area contributed by atoms with Gasteiger partial charge in [0.1, 0.15) is 0 Å². The van der Waals surface area contributed by atoms with E-state index in [0.29, 0.717) is 18.4 Å². The molecule has 1 saturated heterocycles. The van der Waals surface area contributed by atoms with Gasteiger partial charge >= 0.3 is 0 Å². The average molecular weight is 337 g/mol. The summed E-state index contributed by atoms with van der Waals surface area (Å²) >= 11 is 0. The fourth-order valence-corrected chi connectivity index (χ4v) is 3.95. The van der Waals surface area contributed by atoms with Crippen molar-refractivity contribution in [3.05, 3.63) is 45.6 Å². The molecule has 2 aromatic heterocycles. The molecule has 0 bridgehead atoms. The molecule has 5 rings (SSSR count).